The van der Waals surface area contributed by atoms with Crippen molar-refractivity contribution in [2.45, 2.75) is 23.5 Å². The van der Waals surface area contributed by atoms with Crippen LogP contribution in [0.25, 0.3) is 11.1 Å². The Morgan fingerprint density at radius 3 is 2.35 bits per heavy atom. The maximum Gasteiger partial charge on any atom is 0.255 e. The van der Waals surface area contributed by atoms with E-state index in [2.05, 4.69) is 5.32 Å². The number of rotatable bonds is 11. The fourth-order valence-electron chi connectivity index (χ4n) is 4.40. The first-order valence-corrected chi connectivity index (χ1v) is 15.0. The molecule has 6 nitrogen and oxygen atoms in total. The number of methoxy groups -OCH3 is 2. The maximum atomic E-state index is 13.6. The van der Waals surface area contributed by atoms with Gasteiger partial charge in [-0.2, -0.15) is 0 Å². The average Bonchev–Trinajstić information content (AvgIpc) is 2.96. The highest BCUT2D eigenvalue weighted by molar-refractivity contribution is 7.90. The lowest BCUT2D eigenvalue weighted by Gasteiger charge is -2.13. The molecule has 4 aromatic rings. The van der Waals surface area contributed by atoms with Crippen LogP contribution < -0.4 is 14.8 Å². The molecule has 0 saturated heterocycles. The van der Waals surface area contributed by atoms with Gasteiger partial charge < -0.3 is 14.8 Å². The van der Waals surface area contributed by atoms with Crippen molar-refractivity contribution in [3.05, 3.63) is 112 Å². The van der Waals surface area contributed by atoms with Gasteiger partial charge in [-0.1, -0.05) is 65.7 Å². The molecule has 0 saturated carbocycles. The number of nitrogens with one attached hydrogen (secondary N) is 1. The highest BCUT2D eigenvalue weighted by Gasteiger charge is 2.22. The van der Waals surface area contributed by atoms with Crippen LogP contribution in [0.5, 0.6) is 11.5 Å². The molecule has 0 aromatic heterocycles. The highest BCUT2D eigenvalue weighted by atomic mass is 35.5. The topological polar surface area (TPSA) is 81.7 Å². The van der Waals surface area contributed by atoms with Gasteiger partial charge >= 0.3 is 0 Å². The number of aryl methyl sites for hydroxylation is 1. The van der Waals surface area contributed by atoms with Gasteiger partial charge in [0.15, 0.2) is 9.84 Å². The van der Waals surface area contributed by atoms with Crippen molar-refractivity contribution < 1.29 is 22.7 Å². The quantitative estimate of drug-likeness (QED) is 0.188. The van der Waals surface area contributed by atoms with Crippen LogP contribution in [0.1, 0.15) is 27.9 Å². The SMILES string of the molecule is COc1ccccc1C(=O)NCCCc1cccc(CS(=O)(=O)c2cc(-c3cc(Cl)ccc3Cl)ccc2OC)c1. The number of hydrogen-bond donors (Lipinski definition) is 1. The molecule has 0 atom stereocenters. The van der Waals surface area contributed by atoms with E-state index in [0.717, 1.165) is 5.56 Å². The van der Waals surface area contributed by atoms with Crippen molar-refractivity contribution in [1.82, 2.24) is 5.32 Å². The van der Waals surface area contributed by atoms with E-state index >= 15 is 0 Å². The van der Waals surface area contributed by atoms with Gasteiger partial charge in [0, 0.05) is 22.2 Å². The van der Waals surface area contributed by atoms with Crippen LogP contribution in [-0.4, -0.2) is 35.1 Å². The minimum atomic E-state index is -3.77. The smallest absolute Gasteiger partial charge is 0.255 e. The predicted molar refractivity (Wildman–Crippen MR) is 159 cm³/mol. The third-order valence-electron chi connectivity index (χ3n) is 6.37. The summed E-state index contributed by atoms with van der Waals surface area (Å²) < 4.78 is 37.7. The number of hydrogen-bond acceptors (Lipinski definition) is 5. The number of amides is 1. The monoisotopic (exact) mass is 597 g/mol. The first-order chi connectivity index (χ1) is 19.2. The molecule has 4 aromatic carbocycles. The molecular formula is C31H29Cl2NO5S. The van der Waals surface area contributed by atoms with Gasteiger partial charge in [-0.3, -0.25) is 4.79 Å². The van der Waals surface area contributed by atoms with Crippen LogP contribution in [0.2, 0.25) is 10.0 Å². The lowest BCUT2D eigenvalue weighted by Crippen LogP contribution is -2.25. The minimum Gasteiger partial charge on any atom is -0.496 e. The summed E-state index contributed by atoms with van der Waals surface area (Å²) in [7, 11) is -0.803. The first-order valence-electron chi connectivity index (χ1n) is 12.6. The molecule has 0 aliphatic rings. The van der Waals surface area contributed by atoms with E-state index in [1.54, 1.807) is 60.7 Å². The Labute approximate surface area is 244 Å². The Morgan fingerprint density at radius 1 is 0.825 bits per heavy atom. The number of benzene rings is 4. The maximum absolute atomic E-state index is 13.6. The standard InChI is InChI=1S/C31H29Cl2NO5S/c1-38-28-11-4-3-10-25(28)31(35)34-16-6-9-21-7-5-8-22(17-21)20-40(36,37)30-18-23(12-15-29(30)39-2)26-19-24(32)13-14-27(26)33/h3-5,7-8,10-15,17-19H,6,9,16,20H2,1-2H3,(H,34,35). The zero-order valence-corrected chi connectivity index (χ0v) is 24.4. The van der Waals surface area contributed by atoms with Gasteiger partial charge in [-0.05, 0) is 72.0 Å². The number of ether oxygens (including phenoxy) is 2. The minimum absolute atomic E-state index is 0.0768. The molecule has 0 bridgehead atoms. The number of carbonyl (C=O) groups excluding carboxylic acids is 1. The van der Waals surface area contributed by atoms with Gasteiger partial charge in [0.25, 0.3) is 5.91 Å². The predicted octanol–water partition coefficient (Wildman–Crippen LogP) is 7.01. The van der Waals surface area contributed by atoms with Crippen LogP contribution in [0.15, 0.2) is 89.8 Å². The van der Waals surface area contributed by atoms with E-state index in [9.17, 15) is 13.2 Å². The van der Waals surface area contributed by atoms with Gasteiger partial charge in [0.1, 0.15) is 16.4 Å². The molecule has 0 aliphatic carbocycles. The van der Waals surface area contributed by atoms with Crippen LogP contribution in [0.4, 0.5) is 0 Å². The molecule has 40 heavy (non-hydrogen) atoms. The molecule has 0 spiro atoms. The Bertz CT molecular complexity index is 1620. The lowest BCUT2D eigenvalue weighted by atomic mass is 10.1. The van der Waals surface area contributed by atoms with E-state index < -0.39 is 9.84 Å². The zero-order chi connectivity index (χ0) is 28.7. The third kappa shape index (κ3) is 7.16. The lowest BCUT2D eigenvalue weighted by molar-refractivity contribution is 0.0950. The normalized spacial score (nSPS) is 11.2. The summed E-state index contributed by atoms with van der Waals surface area (Å²) in [6.07, 6.45) is 1.36. The van der Waals surface area contributed by atoms with Crippen LogP contribution in [-0.2, 0) is 22.0 Å². The van der Waals surface area contributed by atoms with Crippen molar-refractivity contribution in [1.29, 1.82) is 0 Å². The summed E-state index contributed by atoms with van der Waals surface area (Å²) in [5.41, 5.74) is 3.37. The van der Waals surface area contributed by atoms with Crippen LogP contribution in [0.3, 0.4) is 0 Å². The van der Waals surface area contributed by atoms with Crippen molar-refractivity contribution in [3.63, 3.8) is 0 Å². The summed E-state index contributed by atoms with van der Waals surface area (Å²) in [6, 6.07) is 24.5. The molecule has 0 fully saturated rings. The van der Waals surface area contributed by atoms with Crippen molar-refractivity contribution in [3.8, 4) is 22.6 Å². The second-order valence-electron chi connectivity index (χ2n) is 9.13. The van der Waals surface area contributed by atoms with E-state index in [1.807, 2.05) is 24.3 Å². The largest absolute Gasteiger partial charge is 0.496 e. The molecule has 208 valence electrons. The summed E-state index contributed by atoms with van der Waals surface area (Å²) in [6.45, 7) is 0.468. The second kappa shape index (κ2) is 13.2. The third-order valence-corrected chi connectivity index (χ3v) is 8.63. The number of para-hydroxylation sites is 1. The summed E-state index contributed by atoms with van der Waals surface area (Å²) in [5.74, 6) is 0.372. The molecular weight excluding hydrogens is 569 g/mol. The zero-order valence-electron chi connectivity index (χ0n) is 22.1. The molecule has 4 rings (SSSR count). The molecule has 0 radical (unpaired) electrons. The molecule has 9 heteroatoms. The molecule has 0 heterocycles. The molecule has 0 unspecified atom stereocenters. The Balaban J connectivity index is 1.45. The second-order valence-corrected chi connectivity index (χ2v) is 11.9. The summed E-state index contributed by atoms with van der Waals surface area (Å²) in [4.78, 5) is 12.6. The molecule has 1 amide bonds. The van der Waals surface area contributed by atoms with E-state index in [4.69, 9.17) is 32.7 Å². The Hall–Kier alpha value is -3.52. The average molecular weight is 599 g/mol. The number of sulfone groups is 1. The van der Waals surface area contributed by atoms with Crippen LogP contribution >= 0.6 is 23.2 Å². The Kier molecular flexibility index (Phi) is 9.74. The van der Waals surface area contributed by atoms with Gasteiger partial charge in [-0.25, -0.2) is 8.42 Å². The number of carbonyl (C=O) groups is 1. The molecule has 1 N–H and O–H groups in total. The fourth-order valence-corrected chi connectivity index (χ4v) is 6.34. The molecule has 0 aliphatic heterocycles. The Morgan fingerprint density at radius 2 is 1.57 bits per heavy atom. The van der Waals surface area contributed by atoms with Crippen molar-refractivity contribution in [2.24, 2.45) is 0 Å². The van der Waals surface area contributed by atoms with E-state index in [1.165, 1.54) is 14.2 Å². The number of halogens is 2. The first kappa shape index (κ1) is 29.5. The van der Waals surface area contributed by atoms with E-state index in [0.29, 0.717) is 57.4 Å². The van der Waals surface area contributed by atoms with Crippen molar-refractivity contribution >= 4 is 38.9 Å². The van der Waals surface area contributed by atoms with E-state index in [-0.39, 0.29) is 22.3 Å². The summed E-state index contributed by atoms with van der Waals surface area (Å²) >= 11 is 12.5. The van der Waals surface area contributed by atoms with Gasteiger partial charge in [-0.15, -0.1) is 0 Å². The van der Waals surface area contributed by atoms with Gasteiger partial charge in [0.05, 0.1) is 25.5 Å². The van der Waals surface area contributed by atoms with Crippen LogP contribution in [0, 0.1) is 0 Å². The fraction of sp³-hybridized carbons (Fsp3) is 0.194. The summed E-state index contributed by atoms with van der Waals surface area (Å²) in [5, 5.41) is 3.87. The van der Waals surface area contributed by atoms with Gasteiger partial charge in [0.2, 0.25) is 0 Å². The highest BCUT2D eigenvalue weighted by Crippen LogP contribution is 2.36. The van der Waals surface area contributed by atoms with Crippen molar-refractivity contribution in [2.75, 3.05) is 20.8 Å².